The van der Waals surface area contributed by atoms with Gasteiger partial charge < -0.3 is 20.7 Å². The van der Waals surface area contributed by atoms with E-state index in [0.717, 1.165) is 5.32 Å². The number of carbonyl (C=O) groups excluding carboxylic acids is 4. The zero-order valence-electron chi connectivity index (χ0n) is 24.9. The van der Waals surface area contributed by atoms with Crippen molar-refractivity contribution in [1.29, 1.82) is 0 Å². The molecule has 0 saturated carbocycles. The van der Waals surface area contributed by atoms with Gasteiger partial charge in [0.2, 0.25) is 17.6 Å². The topological polar surface area (TPSA) is 114 Å². The highest BCUT2D eigenvalue weighted by Crippen LogP contribution is 2.31. The Hall–Kier alpha value is -4.23. The van der Waals surface area contributed by atoms with Crippen LogP contribution in [0.2, 0.25) is 10.0 Å². The van der Waals surface area contributed by atoms with Gasteiger partial charge in [0.15, 0.2) is 0 Å². The van der Waals surface area contributed by atoms with E-state index in [9.17, 15) is 41.1 Å². The molecule has 0 heterocycles. The maximum absolute atomic E-state index is 14.7. The number of carbonyl (C=O) groups is 4. The van der Waals surface area contributed by atoms with Crippen molar-refractivity contribution in [2.75, 3.05) is 6.54 Å². The monoisotopic (exact) mass is 701 g/mol. The van der Waals surface area contributed by atoms with E-state index in [1.54, 1.807) is 54.6 Å². The van der Waals surface area contributed by atoms with Crippen molar-refractivity contribution >= 4 is 46.7 Å². The number of halogens is 7. The number of Topliss-reactive ketones (excluding diaryl/α,β-unsaturated/α-hetero) is 1. The van der Waals surface area contributed by atoms with Crippen molar-refractivity contribution < 1.29 is 45.9 Å². The number of alkyl halides is 5. The lowest BCUT2D eigenvalue weighted by Crippen LogP contribution is -2.58. The second-order valence-electron chi connectivity index (χ2n) is 10.7. The van der Waals surface area contributed by atoms with E-state index < -0.39 is 66.3 Å². The van der Waals surface area contributed by atoms with Crippen LogP contribution in [0.15, 0.2) is 78.9 Å². The van der Waals surface area contributed by atoms with Crippen molar-refractivity contribution in [2.45, 2.75) is 50.6 Å². The van der Waals surface area contributed by atoms with Gasteiger partial charge in [-0.15, -0.1) is 0 Å². The van der Waals surface area contributed by atoms with Crippen LogP contribution in [0.4, 0.5) is 22.0 Å². The molecule has 0 aromatic heterocycles. The van der Waals surface area contributed by atoms with Crippen LogP contribution in [-0.4, -0.2) is 48.2 Å². The third-order valence-corrected chi connectivity index (χ3v) is 7.44. The van der Waals surface area contributed by atoms with Gasteiger partial charge in [0.05, 0.1) is 22.5 Å². The van der Waals surface area contributed by atoms with Crippen molar-refractivity contribution in [1.82, 2.24) is 16.0 Å². The molecule has 0 radical (unpaired) electrons. The van der Waals surface area contributed by atoms with Crippen LogP contribution >= 0.6 is 23.2 Å². The van der Waals surface area contributed by atoms with Crippen LogP contribution in [0.25, 0.3) is 0 Å². The summed E-state index contributed by atoms with van der Waals surface area (Å²) in [4.78, 5) is 51.7. The molecule has 0 bridgehead atoms. The van der Waals surface area contributed by atoms with Gasteiger partial charge in [-0.25, -0.2) is 0 Å². The number of ketones is 1. The van der Waals surface area contributed by atoms with Gasteiger partial charge in [-0.3, -0.25) is 19.2 Å². The molecule has 3 N–H and O–H groups in total. The van der Waals surface area contributed by atoms with Gasteiger partial charge in [0, 0.05) is 0 Å². The van der Waals surface area contributed by atoms with Crippen molar-refractivity contribution in [2.24, 2.45) is 5.92 Å². The van der Waals surface area contributed by atoms with Gasteiger partial charge in [-0.05, 0) is 41.3 Å². The summed E-state index contributed by atoms with van der Waals surface area (Å²) in [6.07, 6.45) is -6.31. The fraction of sp³-hybridized carbons (Fsp3) is 0.312. The Labute approximate surface area is 276 Å². The molecule has 0 fully saturated rings. The number of para-hydroxylation sites is 1. The molecule has 8 nitrogen and oxygen atoms in total. The lowest BCUT2D eigenvalue weighted by Gasteiger charge is -2.28. The highest BCUT2D eigenvalue weighted by atomic mass is 35.5. The first-order valence-corrected chi connectivity index (χ1v) is 14.8. The third-order valence-electron chi connectivity index (χ3n) is 6.70. The minimum atomic E-state index is -5.01. The second-order valence-corrected chi connectivity index (χ2v) is 11.5. The molecule has 0 saturated heterocycles. The lowest BCUT2D eigenvalue weighted by molar-refractivity contribution is -0.165. The van der Waals surface area contributed by atoms with Crippen LogP contribution in [0.1, 0.15) is 43.5 Å². The summed E-state index contributed by atoms with van der Waals surface area (Å²) < 4.78 is 73.0. The first-order chi connectivity index (χ1) is 22.0. The molecule has 3 aromatic carbocycles. The van der Waals surface area contributed by atoms with Crippen molar-refractivity contribution in [3.63, 3.8) is 0 Å². The number of benzene rings is 3. The fourth-order valence-electron chi connectivity index (χ4n) is 4.31. The van der Waals surface area contributed by atoms with Crippen molar-refractivity contribution in [3.05, 3.63) is 100 Å². The van der Waals surface area contributed by atoms with E-state index >= 15 is 0 Å². The smallest absolute Gasteiger partial charge is 0.405 e. The number of nitrogens with one attached hydrogen (secondary N) is 3. The standard InChI is InChI=1S/C32H30Cl2F5N3O5/c1-18(2)26(28(44)32(38,39)30(46)40-17-31(35,36)37)42-29(45)27(19-9-5-3-6-10-19)41-25(43)16-24(47-21-11-7-4-8-12-21)20-13-14-22(33)23(34)15-20/h3-15,18,24,26-27H,16-17H2,1-2H3,(H,40,46)(H,41,43)(H,42,45)/t24?,26-,27?/m0/s1. The molecular formula is C32H30Cl2F5N3O5. The molecule has 15 heteroatoms. The summed E-state index contributed by atoms with van der Waals surface area (Å²) >= 11 is 12.2. The molecular weight excluding hydrogens is 672 g/mol. The number of ether oxygens (including phenoxy) is 1. The summed E-state index contributed by atoms with van der Waals surface area (Å²) in [7, 11) is 0. The van der Waals surface area contributed by atoms with Gasteiger partial charge in [0.25, 0.3) is 5.91 Å². The Morgan fingerprint density at radius 3 is 1.94 bits per heavy atom. The molecule has 3 aromatic rings. The van der Waals surface area contributed by atoms with Gasteiger partial charge >= 0.3 is 12.1 Å². The minimum absolute atomic E-state index is 0.195. The van der Waals surface area contributed by atoms with Crippen LogP contribution in [-0.2, 0) is 19.2 Å². The normalized spacial score (nSPS) is 13.7. The van der Waals surface area contributed by atoms with Crippen LogP contribution in [0.5, 0.6) is 5.75 Å². The van der Waals surface area contributed by atoms with E-state index in [2.05, 4.69) is 10.6 Å². The van der Waals surface area contributed by atoms with Gasteiger partial charge in [-0.1, -0.05) is 91.6 Å². The molecule has 47 heavy (non-hydrogen) atoms. The van der Waals surface area contributed by atoms with E-state index in [1.165, 1.54) is 38.1 Å². The SMILES string of the molecule is CC(C)[C@H](NC(=O)C(NC(=O)CC(Oc1ccccc1)c1ccc(Cl)c(Cl)c1)c1ccccc1)C(=O)C(F)(F)C(=O)NCC(F)(F)F. The minimum Gasteiger partial charge on any atom is -0.485 e. The average molecular weight is 703 g/mol. The Kier molecular flexibility index (Phi) is 12.7. The molecule has 0 aliphatic carbocycles. The number of rotatable bonds is 14. The highest BCUT2D eigenvalue weighted by Gasteiger charge is 2.52. The average Bonchev–Trinajstić information content (AvgIpc) is 3.02. The predicted molar refractivity (Wildman–Crippen MR) is 164 cm³/mol. The number of hydrogen-bond donors (Lipinski definition) is 3. The van der Waals surface area contributed by atoms with Crippen LogP contribution in [0.3, 0.4) is 0 Å². The highest BCUT2D eigenvalue weighted by molar-refractivity contribution is 6.42. The molecule has 3 rings (SSSR count). The first kappa shape index (κ1) is 37.2. The first-order valence-electron chi connectivity index (χ1n) is 14.1. The Morgan fingerprint density at radius 1 is 0.787 bits per heavy atom. The van der Waals surface area contributed by atoms with Crippen molar-refractivity contribution in [3.8, 4) is 5.75 Å². The zero-order valence-corrected chi connectivity index (χ0v) is 26.4. The summed E-state index contributed by atoms with van der Waals surface area (Å²) in [5.41, 5.74) is 0.675. The Bertz CT molecular complexity index is 1560. The number of hydrogen-bond acceptors (Lipinski definition) is 5. The quantitative estimate of drug-likeness (QED) is 0.133. The summed E-state index contributed by atoms with van der Waals surface area (Å²) in [5, 5.41) is 6.12. The zero-order chi connectivity index (χ0) is 34.9. The fourth-order valence-corrected chi connectivity index (χ4v) is 4.61. The summed E-state index contributed by atoms with van der Waals surface area (Å²) in [5.74, 6) is -12.0. The second kappa shape index (κ2) is 16.1. The Balaban J connectivity index is 1.86. The van der Waals surface area contributed by atoms with Gasteiger partial charge in [0.1, 0.15) is 24.4 Å². The number of amides is 3. The van der Waals surface area contributed by atoms with E-state index in [1.807, 2.05) is 0 Å². The van der Waals surface area contributed by atoms with Crippen LogP contribution in [0, 0.1) is 5.92 Å². The molecule has 2 unspecified atom stereocenters. The lowest BCUT2D eigenvalue weighted by atomic mass is 9.94. The summed E-state index contributed by atoms with van der Waals surface area (Å²) in [6, 6.07) is 17.2. The molecule has 3 atom stereocenters. The van der Waals surface area contributed by atoms with Crippen LogP contribution < -0.4 is 20.7 Å². The Morgan fingerprint density at radius 2 is 1.38 bits per heavy atom. The molecule has 0 aliphatic heterocycles. The van der Waals surface area contributed by atoms with E-state index in [-0.39, 0.29) is 22.0 Å². The molecule has 3 amide bonds. The van der Waals surface area contributed by atoms with E-state index in [4.69, 9.17) is 27.9 Å². The summed E-state index contributed by atoms with van der Waals surface area (Å²) in [6.45, 7) is 0.476. The predicted octanol–water partition coefficient (Wildman–Crippen LogP) is 6.38. The molecule has 0 spiro atoms. The molecule has 0 aliphatic rings. The molecule has 252 valence electrons. The van der Waals surface area contributed by atoms with E-state index in [0.29, 0.717) is 11.3 Å². The maximum Gasteiger partial charge on any atom is 0.405 e. The third kappa shape index (κ3) is 10.6. The maximum atomic E-state index is 14.7. The van der Waals surface area contributed by atoms with Gasteiger partial charge in [-0.2, -0.15) is 22.0 Å². The largest absolute Gasteiger partial charge is 0.485 e.